The summed E-state index contributed by atoms with van der Waals surface area (Å²) in [6.07, 6.45) is -5.55. The Morgan fingerprint density at radius 2 is 1.70 bits per heavy atom. The average Bonchev–Trinajstić information content (AvgIpc) is 3.02. The zero-order valence-electron chi connectivity index (χ0n) is 27.6. The molecule has 1 atom stereocenters. The summed E-state index contributed by atoms with van der Waals surface area (Å²) in [6, 6.07) is 6.50. The number of aliphatic carboxylic acids is 1. The van der Waals surface area contributed by atoms with E-state index in [0.717, 1.165) is 21.9 Å². The molecular weight excluding hydrogens is 666 g/mol. The van der Waals surface area contributed by atoms with Crippen molar-refractivity contribution < 1.29 is 50.5 Å². The minimum absolute atomic E-state index is 0.0186. The second-order valence-corrected chi connectivity index (χ2v) is 13.0. The van der Waals surface area contributed by atoms with Gasteiger partial charge in [-0.25, -0.2) is 4.79 Å². The molecule has 1 aromatic heterocycles. The van der Waals surface area contributed by atoms with Crippen molar-refractivity contribution in [3.05, 3.63) is 112 Å². The Labute approximate surface area is 284 Å². The quantitative estimate of drug-likeness (QED) is 0.260. The Balaban J connectivity index is 1.71. The first-order valence-corrected chi connectivity index (χ1v) is 15.5. The van der Waals surface area contributed by atoms with E-state index in [-0.39, 0.29) is 23.8 Å². The predicted molar refractivity (Wildman–Crippen MR) is 174 cm³/mol. The third-order valence-electron chi connectivity index (χ3n) is 8.19. The molecular formula is C37H34F6N2O5. The average molecular weight is 701 g/mol. The number of hydrogen-bond acceptors (Lipinski definition) is 5. The lowest BCUT2D eigenvalue weighted by atomic mass is 9.84. The van der Waals surface area contributed by atoms with Crippen molar-refractivity contribution in [3.63, 3.8) is 0 Å². The molecule has 3 aromatic rings. The Kier molecular flexibility index (Phi) is 9.77. The number of benzene rings is 2. The highest BCUT2D eigenvalue weighted by atomic mass is 19.4. The van der Waals surface area contributed by atoms with E-state index >= 15 is 0 Å². The second-order valence-electron chi connectivity index (χ2n) is 13.0. The van der Waals surface area contributed by atoms with Gasteiger partial charge in [0.2, 0.25) is 5.91 Å². The first-order valence-electron chi connectivity index (χ1n) is 15.5. The molecule has 0 aliphatic carbocycles. The number of allylic oxidation sites excluding steroid dienone is 3. The summed E-state index contributed by atoms with van der Waals surface area (Å²) in [5.41, 5.74) is -1.40. The van der Waals surface area contributed by atoms with Gasteiger partial charge in [-0.1, -0.05) is 12.7 Å². The molecule has 2 aromatic carbocycles. The summed E-state index contributed by atoms with van der Waals surface area (Å²) >= 11 is 0. The van der Waals surface area contributed by atoms with Crippen LogP contribution in [0.1, 0.15) is 55.5 Å². The van der Waals surface area contributed by atoms with Crippen LogP contribution in [0.4, 0.5) is 26.3 Å². The number of amides is 1. The fraction of sp³-hybridized carbons (Fsp3) is 0.324. The monoisotopic (exact) mass is 700 g/mol. The van der Waals surface area contributed by atoms with Crippen LogP contribution >= 0.6 is 0 Å². The molecule has 2 aliphatic heterocycles. The summed E-state index contributed by atoms with van der Waals surface area (Å²) in [4.78, 5) is 32.1. The van der Waals surface area contributed by atoms with Gasteiger partial charge in [0.1, 0.15) is 5.75 Å². The van der Waals surface area contributed by atoms with Gasteiger partial charge in [-0.15, -0.1) is 0 Å². The van der Waals surface area contributed by atoms with E-state index in [2.05, 4.69) is 11.6 Å². The van der Waals surface area contributed by atoms with Gasteiger partial charge in [0.15, 0.2) is 6.10 Å². The maximum absolute atomic E-state index is 13.6. The topological polar surface area (TPSA) is 89.0 Å². The largest absolute Gasteiger partial charge is 0.493 e. The molecule has 7 nitrogen and oxygen atoms in total. The van der Waals surface area contributed by atoms with Gasteiger partial charge >= 0.3 is 18.3 Å². The normalized spacial score (nSPS) is 18.4. The number of carbonyl (C=O) groups is 2. The number of carboxylic acids is 1. The molecule has 50 heavy (non-hydrogen) atoms. The number of rotatable bonds is 6. The fourth-order valence-electron chi connectivity index (χ4n) is 6.00. The molecule has 1 amide bonds. The molecule has 0 bridgehead atoms. The molecule has 0 saturated carbocycles. The van der Waals surface area contributed by atoms with Crippen LogP contribution < -0.4 is 4.74 Å². The van der Waals surface area contributed by atoms with Crippen LogP contribution in [0.15, 0.2) is 84.1 Å². The number of ether oxygens (including phenoxy) is 2. The van der Waals surface area contributed by atoms with E-state index in [4.69, 9.17) is 9.47 Å². The number of hydrogen-bond donors (Lipinski definition) is 1. The zero-order valence-corrected chi connectivity index (χ0v) is 27.6. The summed E-state index contributed by atoms with van der Waals surface area (Å²) in [6.45, 7) is 10.4. The van der Waals surface area contributed by atoms with Gasteiger partial charge in [0.05, 0.1) is 28.9 Å². The number of carboxylic acid groups (broad SMARTS) is 1. The molecule has 2 aliphatic rings. The van der Waals surface area contributed by atoms with Crippen molar-refractivity contribution in [3.8, 4) is 5.75 Å². The van der Waals surface area contributed by atoms with Gasteiger partial charge in [0, 0.05) is 48.3 Å². The van der Waals surface area contributed by atoms with E-state index in [1.165, 1.54) is 12.2 Å². The van der Waals surface area contributed by atoms with Crippen LogP contribution in [0.2, 0.25) is 0 Å². The van der Waals surface area contributed by atoms with E-state index in [1.54, 1.807) is 46.0 Å². The van der Waals surface area contributed by atoms with Crippen LogP contribution in [-0.4, -0.2) is 51.7 Å². The molecule has 3 heterocycles. The van der Waals surface area contributed by atoms with Crippen LogP contribution in [0, 0.1) is 0 Å². The Morgan fingerprint density at radius 1 is 1.04 bits per heavy atom. The third-order valence-corrected chi connectivity index (χ3v) is 8.19. The van der Waals surface area contributed by atoms with E-state index < -0.39 is 59.2 Å². The predicted octanol–water partition coefficient (Wildman–Crippen LogP) is 8.33. The molecule has 0 saturated heterocycles. The number of halogens is 6. The van der Waals surface area contributed by atoms with Crippen LogP contribution in [0.25, 0.3) is 16.5 Å². The SMILES string of the molecule is C=C1/C=C\C(=O)N(Cc2cc(C(F)(F)F)cc(C(F)(F)F)c2)C/C=C(/C)C([C@H](OC(C)(C)C)C(=O)O)=C1c1ccc2c3c(ccnc13)CCO2. The van der Waals surface area contributed by atoms with Crippen LogP contribution in [0.3, 0.4) is 0 Å². The highest BCUT2D eigenvalue weighted by Gasteiger charge is 2.38. The molecule has 0 spiro atoms. The highest BCUT2D eigenvalue weighted by molar-refractivity contribution is 6.03. The smallest absolute Gasteiger partial charge is 0.416 e. The Bertz CT molecular complexity index is 1920. The minimum atomic E-state index is -5.07. The number of nitrogens with zero attached hydrogens (tertiary/aromatic N) is 2. The third kappa shape index (κ3) is 7.77. The summed E-state index contributed by atoms with van der Waals surface area (Å²) in [7, 11) is 0. The van der Waals surface area contributed by atoms with Crippen molar-refractivity contribution in [2.24, 2.45) is 0 Å². The molecule has 264 valence electrons. The fourth-order valence-corrected chi connectivity index (χ4v) is 6.00. The van der Waals surface area contributed by atoms with Crippen molar-refractivity contribution in [2.45, 2.75) is 64.7 Å². The highest BCUT2D eigenvalue weighted by Crippen LogP contribution is 2.42. The zero-order chi connectivity index (χ0) is 36.8. The molecule has 0 unspecified atom stereocenters. The van der Waals surface area contributed by atoms with Gasteiger partial charge < -0.3 is 19.5 Å². The summed E-state index contributed by atoms with van der Waals surface area (Å²) < 4.78 is 93.5. The van der Waals surface area contributed by atoms with E-state index in [9.17, 15) is 41.0 Å². The van der Waals surface area contributed by atoms with E-state index in [1.807, 2.05) is 6.07 Å². The second kappa shape index (κ2) is 13.4. The molecule has 5 rings (SSSR count). The molecule has 0 fully saturated rings. The Morgan fingerprint density at radius 3 is 2.30 bits per heavy atom. The van der Waals surface area contributed by atoms with E-state index in [0.29, 0.717) is 53.1 Å². The van der Waals surface area contributed by atoms with Crippen molar-refractivity contribution in [1.29, 1.82) is 0 Å². The van der Waals surface area contributed by atoms with Gasteiger partial charge in [-0.05, 0) is 98.0 Å². The summed E-state index contributed by atoms with van der Waals surface area (Å²) in [5.74, 6) is -1.46. The first-order chi connectivity index (χ1) is 23.2. The lowest BCUT2D eigenvalue weighted by Crippen LogP contribution is -2.36. The minimum Gasteiger partial charge on any atom is -0.493 e. The van der Waals surface area contributed by atoms with Gasteiger partial charge in [-0.3, -0.25) is 9.78 Å². The van der Waals surface area contributed by atoms with Gasteiger partial charge in [0.25, 0.3) is 0 Å². The number of pyridine rings is 1. The van der Waals surface area contributed by atoms with Crippen molar-refractivity contribution >= 4 is 28.4 Å². The Hall–Kier alpha value is -4.91. The number of alkyl halides is 6. The maximum Gasteiger partial charge on any atom is 0.416 e. The first kappa shape index (κ1) is 36.4. The van der Waals surface area contributed by atoms with Crippen molar-refractivity contribution in [1.82, 2.24) is 9.88 Å². The van der Waals surface area contributed by atoms with Crippen LogP contribution in [-0.2, 0) is 39.6 Å². The van der Waals surface area contributed by atoms with Crippen molar-refractivity contribution in [2.75, 3.05) is 13.2 Å². The molecule has 13 heteroatoms. The lowest BCUT2D eigenvalue weighted by molar-refractivity contribution is -0.155. The van der Waals surface area contributed by atoms with Gasteiger partial charge in [-0.2, -0.15) is 26.3 Å². The maximum atomic E-state index is 13.6. The molecule has 0 radical (unpaired) electrons. The standard InChI is InChI=1S/C37H34F6N2O5/c1-20-6-9-28(46)45(19-22-16-24(36(38,39)40)18-25(17-22)37(41,42)43)14-11-21(2)30(33(34(47)48)50-35(3,4)5)29(20)26-7-8-27-31-23(12-15-49-27)10-13-44-32(26)31/h6-11,13,16-18,33H,1,12,14-15,19H2,2-5H3,(H,47,48)/b9-6-,21-11-,30-29?/t33-/m0/s1. The number of aromatic nitrogens is 1. The van der Waals surface area contributed by atoms with Crippen LogP contribution in [0.5, 0.6) is 5.75 Å². The lowest BCUT2D eigenvalue weighted by Gasteiger charge is -2.31. The number of carbonyl (C=O) groups excluding carboxylic acids is 1. The summed E-state index contributed by atoms with van der Waals surface area (Å²) in [5, 5.41) is 11.3. The molecule has 1 N–H and O–H groups in total.